The van der Waals surface area contributed by atoms with E-state index in [0.717, 1.165) is 0 Å². The number of nitrogens with one attached hydrogen (secondary N) is 1. The van der Waals surface area contributed by atoms with Gasteiger partial charge < -0.3 is 10.2 Å². The summed E-state index contributed by atoms with van der Waals surface area (Å²) < 4.78 is 1.41. The van der Waals surface area contributed by atoms with Crippen molar-refractivity contribution in [2.24, 2.45) is 5.92 Å². The van der Waals surface area contributed by atoms with Crippen molar-refractivity contribution in [1.82, 2.24) is 9.55 Å². The number of aromatic nitrogens is 2. The van der Waals surface area contributed by atoms with E-state index in [1.54, 1.807) is 6.92 Å². The molecule has 6 nitrogen and oxygen atoms in total. The molecule has 17 heavy (non-hydrogen) atoms. The summed E-state index contributed by atoms with van der Waals surface area (Å²) in [5.74, 6) is -0.159. The Balaban J connectivity index is 2.33. The number of thioether (sulfide) groups is 1. The fourth-order valence-corrected chi connectivity index (χ4v) is 3.28. The van der Waals surface area contributed by atoms with E-state index >= 15 is 0 Å². The van der Waals surface area contributed by atoms with Crippen LogP contribution in [0.25, 0.3) is 0 Å². The van der Waals surface area contributed by atoms with Gasteiger partial charge in [0, 0.05) is 29.5 Å². The summed E-state index contributed by atoms with van der Waals surface area (Å²) in [6.07, 6.45) is 1.50. The lowest BCUT2D eigenvalue weighted by molar-refractivity contribution is 0.155. The van der Waals surface area contributed by atoms with Gasteiger partial charge in [-0.15, -0.1) is 11.8 Å². The molecule has 2 heterocycles. The molecule has 0 saturated carbocycles. The zero-order valence-electron chi connectivity index (χ0n) is 9.29. The molecular weight excluding hydrogens is 244 g/mol. The van der Waals surface area contributed by atoms with Crippen LogP contribution in [0.1, 0.15) is 10.9 Å². The van der Waals surface area contributed by atoms with Crippen molar-refractivity contribution in [1.29, 1.82) is 0 Å². The molecule has 0 amide bonds. The van der Waals surface area contributed by atoms with Gasteiger partial charge in [-0.3, -0.25) is 14.3 Å². The number of hydrogen-bond donors (Lipinski definition) is 3. The predicted octanol–water partition coefficient (Wildman–Crippen LogP) is -0.940. The highest BCUT2D eigenvalue weighted by atomic mass is 32.2. The van der Waals surface area contributed by atoms with Crippen LogP contribution in [0.4, 0.5) is 0 Å². The maximum absolute atomic E-state index is 11.6. The van der Waals surface area contributed by atoms with Crippen molar-refractivity contribution in [2.45, 2.75) is 17.5 Å². The summed E-state index contributed by atoms with van der Waals surface area (Å²) in [6.45, 7) is 1.51. The largest absolute Gasteiger partial charge is 0.396 e. The number of hydrogen-bond acceptors (Lipinski definition) is 5. The lowest BCUT2D eigenvalue weighted by Crippen LogP contribution is -2.46. The van der Waals surface area contributed by atoms with Gasteiger partial charge in [-0.25, -0.2) is 4.79 Å². The van der Waals surface area contributed by atoms with E-state index in [1.807, 2.05) is 0 Å². The van der Waals surface area contributed by atoms with Crippen LogP contribution >= 0.6 is 11.8 Å². The number of rotatable bonds is 3. The van der Waals surface area contributed by atoms with Crippen molar-refractivity contribution in [2.75, 3.05) is 13.2 Å². The molecule has 0 radical (unpaired) electrons. The molecule has 1 saturated heterocycles. The van der Waals surface area contributed by atoms with Crippen molar-refractivity contribution < 1.29 is 10.2 Å². The third-order valence-corrected chi connectivity index (χ3v) is 4.67. The normalized spacial score (nSPS) is 27.8. The zero-order chi connectivity index (χ0) is 12.6. The second-order valence-electron chi connectivity index (χ2n) is 4.07. The molecule has 1 aromatic heterocycles. The van der Waals surface area contributed by atoms with Gasteiger partial charge >= 0.3 is 5.69 Å². The summed E-state index contributed by atoms with van der Waals surface area (Å²) >= 11 is 1.42. The second-order valence-corrected chi connectivity index (χ2v) is 5.43. The van der Waals surface area contributed by atoms with Gasteiger partial charge in [-0.05, 0) is 6.92 Å². The van der Waals surface area contributed by atoms with Crippen LogP contribution in [0.5, 0.6) is 0 Å². The van der Waals surface area contributed by atoms with Crippen LogP contribution in [0, 0.1) is 12.8 Å². The molecule has 0 unspecified atom stereocenters. The number of aryl methyl sites for hydroxylation is 1. The van der Waals surface area contributed by atoms with Crippen molar-refractivity contribution in [3.8, 4) is 0 Å². The summed E-state index contributed by atoms with van der Waals surface area (Å²) in [5.41, 5.74) is -0.419. The molecule has 1 fully saturated rings. The molecule has 0 spiro atoms. The van der Waals surface area contributed by atoms with E-state index in [4.69, 9.17) is 5.11 Å². The minimum atomic E-state index is -0.479. The molecular formula is C10H14N2O4S. The SMILES string of the molecule is Cc1cn([C@H]2S[C@H](CO)[C@H]2CO)c(=O)[nH]c1=O. The van der Waals surface area contributed by atoms with Crippen LogP contribution in [-0.2, 0) is 0 Å². The predicted molar refractivity (Wildman–Crippen MR) is 64.1 cm³/mol. The van der Waals surface area contributed by atoms with Gasteiger partial charge in [0.05, 0.1) is 12.0 Å². The summed E-state index contributed by atoms with van der Waals surface area (Å²) in [6, 6.07) is 0. The number of nitrogens with zero attached hydrogens (tertiary/aromatic N) is 1. The highest BCUT2D eigenvalue weighted by molar-refractivity contribution is 8.01. The van der Waals surface area contributed by atoms with Crippen LogP contribution in [0.15, 0.2) is 15.8 Å². The Labute approximate surface area is 101 Å². The van der Waals surface area contributed by atoms with E-state index < -0.39 is 11.2 Å². The Kier molecular flexibility index (Phi) is 3.41. The van der Waals surface area contributed by atoms with Crippen molar-refractivity contribution in [3.05, 3.63) is 32.6 Å². The van der Waals surface area contributed by atoms with E-state index in [0.29, 0.717) is 5.56 Å². The van der Waals surface area contributed by atoms with Gasteiger partial charge in [-0.2, -0.15) is 0 Å². The van der Waals surface area contributed by atoms with Gasteiger partial charge in [-0.1, -0.05) is 0 Å². The molecule has 3 N–H and O–H groups in total. The second kappa shape index (κ2) is 4.67. The first kappa shape index (κ1) is 12.4. The third-order valence-electron chi connectivity index (χ3n) is 2.97. The number of aliphatic hydroxyl groups excluding tert-OH is 2. The molecule has 1 aromatic rings. The van der Waals surface area contributed by atoms with Crippen LogP contribution < -0.4 is 11.2 Å². The monoisotopic (exact) mass is 258 g/mol. The van der Waals surface area contributed by atoms with E-state index in [1.165, 1.54) is 22.5 Å². The maximum atomic E-state index is 11.6. The minimum absolute atomic E-state index is 0.0243. The van der Waals surface area contributed by atoms with Gasteiger partial charge in [0.2, 0.25) is 0 Å². The number of H-pyrrole nitrogens is 1. The Hall–Kier alpha value is -1.05. The highest BCUT2D eigenvalue weighted by Gasteiger charge is 2.42. The van der Waals surface area contributed by atoms with E-state index in [-0.39, 0.29) is 29.8 Å². The van der Waals surface area contributed by atoms with Crippen LogP contribution in [-0.4, -0.2) is 38.2 Å². The molecule has 7 heteroatoms. The molecule has 0 aliphatic carbocycles. The lowest BCUT2D eigenvalue weighted by atomic mass is 10.0. The molecule has 0 aromatic carbocycles. The van der Waals surface area contributed by atoms with Crippen molar-refractivity contribution in [3.63, 3.8) is 0 Å². The zero-order valence-corrected chi connectivity index (χ0v) is 10.1. The van der Waals surface area contributed by atoms with Gasteiger partial charge in [0.25, 0.3) is 5.56 Å². The molecule has 1 aliphatic rings. The summed E-state index contributed by atoms with van der Waals surface area (Å²) in [5, 5.41) is 18.0. The average molecular weight is 258 g/mol. The molecule has 1 aliphatic heterocycles. The topological polar surface area (TPSA) is 95.3 Å². The molecule has 2 rings (SSSR count). The molecule has 0 bridgehead atoms. The Morgan fingerprint density at radius 2 is 2.12 bits per heavy atom. The molecule has 94 valence electrons. The third kappa shape index (κ3) is 2.05. The van der Waals surface area contributed by atoms with Crippen molar-refractivity contribution >= 4 is 11.8 Å². The number of aliphatic hydroxyl groups is 2. The fourth-order valence-electron chi connectivity index (χ4n) is 1.91. The van der Waals surface area contributed by atoms with Crippen LogP contribution in [0.2, 0.25) is 0 Å². The van der Waals surface area contributed by atoms with E-state index in [9.17, 15) is 14.7 Å². The first-order chi connectivity index (χ1) is 8.08. The average Bonchev–Trinajstić information content (AvgIpc) is 2.25. The van der Waals surface area contributed by atoms with Crippen LogP contribution in [0.3, 0.4) is 0 Å². The molecule has 3 atom stereocenters. The summed E-state index contributed by atoms with van der Waals surface area (Å²) in [7, 11) is 0. The minimum Gasteiger partial charge on any atom is -0.396 e. The number of aromatic amines is 1. The quantitative estimate of drug-likeness (QED) is 0.650. The summed E-state index contributed by atoms with van der Waals surface area (Å²) in [4.78, 5) is 25.1. The highest BCUT2D eigenvalue weighted by Crippen LogP contribution is 2.49. The Bertz CT molecular complexity index is 524. The first-order valence-electron chi connectivity index (χ1n) is 5.27. The van der Waals surface area contributed by atoms with Gasteiger partial charge in [0.15, 0.2) is 0 Å². The van der Waals surface area contributed by atoms with E-state index in [2.05, 4.69) is 4.98 Å². The maximum Gasteiger partial charge on any atom is 0.329 e. The Morgan fingerprint density at radius 1 is 1.41 bits per heavy atom. The smallest absolute Gasteiger partial charge is 0.329 e. The fraction of sp³-hybridized carbons (Fsp3) is 0.600. The standard InChI is InChI=1S/C10H14N2O4S/c1-5-2-12(10(16)11-8(5)15)9-6(3-13)7(4-14)17-9/h2,6-7,9,13-14H,3-4H2,1H3,(H,11,15,16)/t6-,7-,9+/m1/s1. The lowest BCUT2D eigenvalue weighted by Gasteiger charge is -2.42. The van der Waals surface area contributed by atoms with Gasteiger partial charge in [0.1, 0.15) is 0 Å². The Morgan fingerprint density at radius 3 is 2.71 bits per heavy atom. The first-order valence-corrected chi connectivity index (χ1v) is 6.22.